The second-order valence-electron chi connectivity index (χ2n) is 6.31. The zero-order chi connectivity index (χ0) is 18.5. The quantitative estimate of drug-likeness (QED) is 0.707. The van der Waals surface area contributed by atoms with Crippen molar-refractivity contribution in [3.05, 3.63) is 27.1 Å². The molecule has 0 aliphatic carbocycles. The number of nitrogens with zero attached hydrogens (tertiary/aromatic N) is 3. The lowest BCUT2D eigenvalue weighted by molar-refractivity contribution is -0.136. The fourth-order valence-corrected chi connectivity index (χ4v) is 4.14. The smallest absolute Gasteiger partial charge is 0.321 e. The van der Waals surface area contributed by atoms with E-state index in [9.17, 15) is 9.59 Å². The summed E-state index contributed by atoms with van der Waals surface area (Å²) in [5.74, 6) is 0.144. The van der Waals surface area contributed by atoms with Gasteiger partial charge in [-0.05, 0) is 34.1 Å². The van der Waals surface area contributed by atoms with Crippen molar-refractivity contribution in [2.75, 3.05) is 64.3 Å². The van der Waals surface area contributed by atoms with Crippen LogP contribution >= 0.6 is 31.9 Å². The third-order valence-corrected chi connectivity index (χ3v) is 5.70. The summed E-state index contributed by atoms with van der Waals surface area (Å²) in [6.07, 6.45) is 0. The first kappa shape index (κ1) is 19.6. The highest BCUT2D eigenvalue weighted by atomic mass is 79.9. The fraction of sp³-hybridized carbons (Fsp3) is 0.529. The van der Waals surface area contributed by atoms with Crippen LogP contribution in [-0.4, -0.2) is 85.7 Å². The molecular formula is C17H22Br2N4O3. The number of hydrogen-bond acceptors (Lipinski definition) is 4. The summed E-state index contributed by atoms with van der Waals surface area (Å²) in [5, 5.41) is 2.93. The Kier molecular flexibility index (Phi) is 6.91. The molecule has 26 heavy (non-hydrogen) atoms. The Morgan fingerprint density at radius 2 is 1.69 bits per heavy atom. The third kappa shape index (κ3) is 5.18. The number of carbonyl (C=O) groups excluding carboxylic acids is 2. The van der Waals surface area contributed by atoms with Crippen LogP contribution in [0.5, 0.6) is 0 Å². The largest absolute Gasteiger partial charge is 0.378 e. The SMILES string of the molecule is O=C(CN1CCN(C(=O)Nc2ccc(Br)cc2Br)CC1)N1CCOCC1. The number of benzene rings is 1. The zero-order valence-corrected chi connectivity index (χ0v) is 17.6. The average molecular weight is 490 g/mol. The first-order valence-electron chi connectivity index (χ1n) is 8.62. The van der Waals surface area contributed by atoms with Gasteiger partial charge in [0, 0.05) is 48.2 Å². The van der Waals surface area contributed by atoms with Crippen molar-refractivity contribution in [3.8, 4) is 0 Å². The predicted octanol–water partition coefficient (Wildman–Crippen LogP) is 2.22. The first-order chi connectivity index (χ1) is 12.5. The van der Waals surface area contributed by atoms with Crippen molar-refractivity contribution >= 4 is 49.5 Å². The van der Waals surface area contributed by atoms with Crippen LogP contribution in [0.25, 0.3) is 0 Å². The maximum atomic E-state index is 12.5. The number of piperazine rings is 1. The van der Waals surface area contributed by atoms with E-state index in [0.29, 0.717) is 59.0 Å². The summed E-state index contributed by atoms with van der Waals surface area (Å²) in [7, 11) is 0. The van der Waals surface area contributed by atoms with Gasteiger partial charge in [0.2, 0.25) is 5.91 Å². The average Bonchev–Trinajstić information content (AvgIpc) is 2.65. The van der Waals surface area contributed by atoms with E-state index >= 15 is 0 Å². The van der Waals surface area contributed by atoms with Crippen molar-refractivity contribution in [1.29, 1.82) is 0 Å². The molecule has 1 aromatic rings. The van der Waals surface area contributed by atoms with Gasteiger partial charge >= 0.3 is 6.03 Å². The summed E-state index contributed by atoms with van der Waals surface area (Å²) in [4.78, 5) is 30.5. The monoisotopic (exact) mass is 488 g/mol. The highest BCUT2D eigenvalue weighted by Crippen LogP contribution is 2.26. The zero-order valence-electron chi connectivity index (χ0n) is 14.4. The lowest BCUT2D eigenvalue weighted by Crippen LogP contribution is -2.53. The van der Waals surface area contributed by atoms with Gasteiger partial charge in [0.15, 0.2) is 0 Å². The van der Waals surface area contributed by atoms with Gasteiger partial charge in [-0.2, -0.15) is 0 Å². The van der Waals surface area contributed by atoms with E-state index in [0.717, 1.165) is 14.6 Å². The molecule has 2 aliphatic rings. The van der Waals surface area contributed by atoms with Crippen LogP contribution < -0.4 is 5.32 Å². The molecule has 2 saturated heterocycles. The van der Waals surface area contributed by atoms with Gasteiger partial charge in [0.05, 0.1) is 25.4 Å². The normalized spacial score (nSPS) is 18.7. The number of ether oxygens (including phenoxy) is 1. The Labute approximate surface area is 169 Å². The number of urea groups is 1. The molecular weight excluding hydrogens is 468 g/mol. The number of hydrogen-bond donors (Lipinski definition) is 1. The minimum absolute atomic E-state index is 0.118. The molecule has 0 unspecified atom stereocenters. The number of rotatable bonds is 3. The van der Waals surface area contributed by atoms with Gasteiger partial charge in [0.25, 0.3) is 0 Å². The van der Waals surface area contributed by atoms with Crippen LogP contribution in [0.1, 0.15) is 0 Å². The van der Waals surface area contributed by atoms with Gasteiger partial charge < -0.3 is 19.9 Å². The van der Waals surface area contributed by atoms with E-state index in [4.69, 9.17) is 4.74 Å². The molecule has 3 rings (SSSR count). The molecule has 7 nitrogen and oxygen atoms in total. The number of morpholine rings is 1. The topological polar surface area (TPSA) is 65.1 Å². The first-order valence-corrected chi connectivity index (χ1v) is 10.2. The second kappa shape index (κ2) is 9.16. The Hall–Kier alpha value is -1.16. The summed E-state index contributed by atoms with van der Waals surface area (Å²) < 4.78 is 7.05. The number of nitrogens with one attached hydrogen (secondary N) is 1. The fourth-order valence-electron chi connectivity index (χ4n) is 3.00. The molecule has 3 amide bonds. The van der Waals surface area contributed by atoms with E-state index in [-0.39, 0.29) is 11.9 Å². The Bertz CT molecular complexity index is 659. The lowest BCUT2D eigenvalue weighted by atomic mass is 10.3. The molecule has 0 spiro atoms. The maximum absolute atomic E-state index is 12.5. The van der Waals surface area contributed by atoms with Crippen molar-refractivity contribution in [2.24, 2.45) is 0 Å². The van der Waals surface area contributed by atoms with Crippen LogP contribution in [0.3, 0.4) is 0 Å². The Morgan fingerprint density at radius 1 is 1.00 bits per heavy atom. The summed E-state index contributed by atoms with van der Waals surface area (Å²) >= 11 is 6.85. The minimum atomic E-state index is -0.118. The molecule has 2 aliphatic heterocycles. The van der Waals surface area contributed by atoms with Crippen LogP contribution in [-0.2, 0) is 9.53 Å². The highest BCUT2D eigenvalue weighted by Gasteiger charge is 2.25. The van der Waals surface area contributed by atoms with Gasteiger partial charge in [0.1, 0.15) is 0 Å². The molecule has 142 valence electrons. The number of halogens is 2. The molecule has 0 saturated carbocycles. The predicted molar refractivity (Wildman–Crippen MR) is 106 cm³/mol. The van der Waals surface area contributed by atoms with Crippen LogP contribution in [0.15, 0.2) is 27.1 Å². The number of carbonyl (C=O) groups is 2. The maximum Gasteiger partial charge on any atom is 0.321 e. The van der Waals surface area contributed by atoms with Crippen molar-refractivity contribution in [1.82, 2.24) is 14.7 Å². The molecule has 2 fully saturated rings. The molecule has 1 N–H and O–H groups in total. The Morgan fingerprint density at radius 3 is 2.35 bits per heavy atom. The van der Waals surface area contributed by atoms with E-state index in [1.54, 1.807) is 4.90 Å². The van der Waals surface area contributed by atoms with Gasteiger partial charge in [-0.25, -0.2) is 4.79 Å². The number of amides is 3. The summed E-state index contributed by atoms with van der Waals surface area (Å²) in [6, 6.07) is 5.51. The molecule has 0 radical (unpaired) electrons. The van der Waals surface area contributed by atoms with Crippen molar-refractivity contribution in [3.63, 3.8) is 0 Å². The molecule has 2 heterocycles. The number of anilines is 1. The molecule has 9 heteroatoms. The summed E-state index contributed by atoms with van der Waals surface area (Å²) in [6.45, 7) is 5.60. The lowest BCUT2D eigenvalue weighted by Gasteiger charge is -2.36. The molecule has 0 atom stereocenters. The van der Waals surface area contributed by atoms with Gasteiger partial charge in [-0.3, -0.25) is 9.69 Å². The van der Waals surface area contributed by atoms with E-state index < -0.39 is 0 Å². The van der Waals surface area contributed by atoms with Crippen LogP contribution in [0.4, 0.5) is 10.5 Å². The van der Waals surface area contributed by atoms with Crippen LogP contribution in [0, 0.1) is 0 Å². The van der Waals surface area contributed by atoms with E-state index in [1.807, 2.05) is 23.1 Å². The minimum Gasteiger partial charge on any atom is -0.378 e. The van der Waals surface area contributed by atoms with E-state index in [2.05, 4.69) is 42.1 Å². The van der Waals surface area contributed by atoms with Gasteiger partial charge in [-0.15, -0.1) is 0 Å². The molecule has 1 aromatic carbocycles. The van der Waals surface area contributed by atoms with Gasteiger partial charge in [-0.1, -0.05) is 15.9 Å². The Balaban J connectivity index is 1.45. The molecule has 0 bridgehead atoms. The standard InChI is InChI=1S/C17H22Br2N4O3/c18-13-1-2-15(14(19)11-13)20-17(25)23-5-3-21(4-6-23)12-16(24)22-7-9-26-10-8-22/h1-2,11H,3-10,12H2,(H,20,25). The molecule has 0 aromatic heterocycles. The summed E-state index contributed by atoms with van der Waals surface area (Å²) in [5.41, 5.74) is 0.739. The van der Waals surface area contributed by atoms with Crippen molar-refractivity contribution < 1.29 is 14.3 Å². The van der Waals surface area contributed by atoms with E-state index in [1.165, 1.54) is 0 Å². The van der Waals surface area contributed by atoms with Crippen molar-refractivity contribution in [2.45, 2.75) is 0 Å². The second-order valence-corrected chi connectivity index (χ2v) is 8.08. The van der Waals surface area contributed by atoms with Crippen LogP contribution in [0.2, 0.25) is 0 Å². The third-order valence-electron chi connectivity index (χ3n) is 4.55. The highest BCUT2D eigenvalue weighted by molar-refractivity contribution is 9.11.